The monoisotopic (exact) mass is 431 g/mol. The maximum Gasteiger partial charge on any atom is 0.275 e. The van der Waals surface area contributed by atoms with E-state index in [2.05, 4.69) is 49.2 Å². The molecule has 3 N–H and O–H groups in total. The molecular weight excluding hydrogens is 406 g/mol. The maximum atomic E-state index is 12.5. The number of pyridine rings is 1. The van der Waals surface area contributed by atoms with Gasteiger partial charge in [-0.2, -0.15) is 5.10 Å². The van der Waals surface area contributed by atoms with Crippen LogP contribution in [0.2, 0.25) is 0 Å². The van der Waals surface area contributed by atoms with Crippen molar-refractivity contribution < 1.29 is 4.79 Å². The highest BCUT2D eigenvalue weighted by Gasteiger charge is 2.14. The predicted octanol–water partition coefficient (Wildman–Crippen LogP) is 2.45. The third kappa shape index (κ3) is 4.57. The van der Waals surface area contributed by atoms with E-state index >= 15 is 0 Å². The molecule has 0 saturated carbocycles. The molecule has 0 fully saturated rings. The molecule has 1 amide bonds. The Bertz CT molecular complexity index is 1280. The van der Waals surface area contributed by atoms with Crippen molar-refractivity contribution in [3.63, 3.8) is 0 Å². The van der Waals surface area contributed by atoms with Gasteiger partial charge >= 0.3 is 0 Å². The molecule has 0 bridgehead atoms. The topological polar surface area (TPSA) is 120 Å². The van der Waals surface area contributed by atoms with Gasteiger partial charge in [-0.25, -0.2) is 10.1 Å². The Morgan fingerprint density at radius 1 is 1.09 bits per heavy atom. The number of aromatic nitrogens is 5. The van der Waals surface area contributed by atoms with Gasteiger partial charge in [-0.3, -0.25) is 14.6 Å². The van der Waals surface area contributed by atoms with Crippen molar-refractivity contribution >= 4 is 16.9 Å². The molecule has 0 spiro atoms. The molecule has 0 unspecified atom stereocenters. The number of benzene rings is 1. The Hall–Kier alpha value is -3.85. The summed E-state index contributed by atoms with van der Waals surface area (Å²) < 4.78 is 0. The first kappa shape index (κ1) is 21.4. The second-order valence-corrected chi connectivity index (χ2v) is 7.33. The largest absolute Gasteiger partial charge is 0.351 e. The molecule has 3 heterocycles. The van der Waals surface area contributed by atoms with Gasteiger partial charge in [0.15, 0.2) is 0 Å². The fourth-order valence-electron chi connectivity index (χ4n) is 3.50. The van der Waals surface area contributed by atoms with Gasteiger partial charge in [0, 0.05) is 36.6 Å². The average molecular weight is 432 g/mol. The summed E-state index contributed by atoms with van der Waals surface area (Å²) in [6, 6.07) is 10.6. The molecule has 9 nitrogen and oxygen atoms in total. The Morgan fingerprint density at radius 2 is 1.88 bits per heavy atom. The van der Waals surface area contributed by atoms with Crippen LogP contribution in [-0.2, 0) is 0 Å². The van der Waals surface area contributed by atoms with Gasteiger partial charge in [-0.05, 0) is 49.5 Å². The highest BCUT2D eigenvalue weighted by molar-refractivity contribution is 5.97. The smallest absolute Gasteiger partial charge is 0.275 e. The van der Waals surface area contributed by atoms with E-state index in [9.17, 15) is 9.59 Å². The van der Waals surface area contributed by atoms with Crippen LogP contribution in [0.15, 0.2) is 53.6 Å². The SMILES string of the molecule is CCN(CC)CCNC(=O)c1ccc2nc(-c3cc(-c4ccncc4)n[nH]c3=O)[nH]c2c1. The van der Waals surface area contributed by atoms with Crippen LogP contribution in [0.25, 0.3) is 33.7 Å². The summed E-state index contributed by atoms with van der Waals surface area (Å²) in [6.45, 7) is 7.49. The number of hydrogen-bond acceptors (Lipinski definition) is 6. The number of rotatable bonds is 8. The van der Waals surface area contributed by atoms with Gasteiger partial charge in [0.05, 0.1) is 22.3 Å². The summed E-state index contributed by atoms with van der Waals surface area (Å²) in [4.78, 5) is 38.9. The average Bonchev–Trinajstić information content (AvgIpc) is 3.26. The number of hydrogen-bond donors (Lipinski definition) is 3. The number of amides is 1. The van der Waals surface area contributed by atoms with E-state index < -0.39 is 0 Å². The van der Waals surface area contributed by atoms with Gasteiger partial charge in [0.1, 0.15) is 5.82 Å². The lowest BCUT2D eigenvalue weighted by molar-refractivity contribution is 0.0949. The summed E-state index contributed by atoms with van der Waals surface area (Å²) in [7, 11) is 0. The molecule has 164 valence electrons. The van der Waals surface area contributed by atoms with Crippen molar-refractivity contribution in [3.05, 3.63) is 64.7 Å². The van der Waals surface area contributed by atoms with E-state index in [1.54, 1.807) is 36.7 Å². The van der Waals surface area contributed by atoms with Crippen LogP contribution in [0.4, 0.5) is 0 Å². The zero-order chi connectivity index (χ0) is 22.5. The van der Waals surface area contributed by atoms with Crippen molar-refractivity contribution in [3.8, 4) is 22.6 Å². The molecule has 0 aliphatic carbocycles. The zero-order valence-electron chi connectivity index (χ0n) is 18.1. The molecule has 9 heteroatoms. The molecule has 4 rings (SSSR count). The standard InChI is InChI=1S/C23H25N7O2/c1-3-30(4-2)12-11-25-22(31)16-5-6-18-20(13-16)27-21(26-18)17-14-19(28-29-23(17)32)15-7-9-24-10-8-15/h5-10,13-14H,3-4,11-12H2,1-2H3,(H,25,31)(H,26,27)(H,29,32). The molecule has 0 aliphatic rings. The fourth-order valence-corrected chi connectivity index (χ4v) is 3.50. The molecule has 3 aromatic heterocycles. The number of likely N-dealkylation sites (N-methyl/N-ethyl adjacent to an activating group) is 1. The summed E-state index contributed by atoms with van der Waals surface area (Å²) in [6.07, 6.45) is 3.33. The summed E-state index contributed by atoms with van der Waals surface area (Å²) in [5.41, 5.74) is 3.34. The maximum absolute atomic E-state index is 12.5. The zero-order valence-corrected chi connectivity index (χ0v) is 18.1. The fraction of sp³-hybridized carbons (Fsp3) is 0.261. The van der Waals surface area contributed by atoms with Crippen molar-refractivity contribution in [1.82, 2.24) is 35.4 Å². The number of fused-ring (bicyclic) bond motifs is 1. The van der Waals surface area contributed by atoms with Crippen molar-refractivity contribution in [2.75, 3.05) is 26.2 Å². The Labute approximate surface area is 184 Å². The lowest BCUT2D eigenvalue weighted by atomic mass is 10.1. The van der Waals surface area contributed by atoms with E-state index in [1.807, 2.05) is 12.1 Å². The molecule has 0 aliphatic heterocycles. The van der Waals surface area contributed by atoms with E-state index in [0.29, 0.717) is 40.2 Å². The number of imidazole rings is 1. The van der Waals surface area contributed by atoms with E-state index in [1.165, 1.54) is 0 Å². The predicted molar refractivity (Wildman–Crippen MR) is 123 cm³/mol. The van der Waals surface area contributed by atoms with Crippen molar-refractivity contribution in [1.29, 1.82) is 0 Å². The molecule has 4 aromatic rings. The van der Waals surface area contributed by atoms with Crippen LogP contribution >= 0.6 is 0 Å². The van der Waals surface area contributed by atoms with Crippen molar-refractivity contribution in [2.45, 2.75) is 13.8 Å². The van der Waals surface area contributed by atoms with Crippen LogP contribution in [0.5, 0.6) is 0 Å². The van der Waals surface area contributed by atoms with E-state index in [-0.39, 0.29) is 11.5 Å². The van der Waals surface area contributed by atoms with Gasteiger partial charge in [-0.1, -0.05) is 13.8 Å². The Balaban J connectivity index is 1.57. The first-order valence-corrected chi connectivity index (χ1v) is 10.6. The molecule has 0 atom stereocenters. The Kier molecular flexibility index (Phi) is 6.37. The van der Waals surface area contributed by atoms with Gasteiger partial charge in [0.2, 0.25) is 0 Å². The summed E-state index contributed by atoms with van der Waals surface area (Å²) in [5.74, 6) is 0.273. The second kappa shape index (κ2) is 9.52. The minimum Gasteiger partial charge on any atom is -0.351 e. The quantitative estimate of drug-likeness (QED) is 0.394. The highest BCUT2D eigenvalue weighted by atomic mass is 16.1. The third-order valence-corrected chi connectivity index (χ3v) is 5.39. The number of carbonyl (C=O) groups excluding carboxylic acids is 1. The number of H-pyrrole nitrogens is 2. The first-order chi connectivity index (χ1) is 15.6. The minimum absolute atomic E-state index is 0.142. The molecule has 0 saturated heterocycles. The minimum atomic E-state index is -0.351. The van der Waals surface area contributed by atoms with Crippen LogP contribution in [-0.4, -0.2) is 62.1 Å². The molecule has 0 radical (unpaired) electrons. The first-order valence-electron chi connectivity index (χ1n) is 10.6. The summed E-state index contributed by atoms with van der Waals surface area (Å²) >= 11 is 0. The number of nitrogens with one attached hydrogen (secondary N) is 3. The van der Waals surface area contributed by atoms with Gasteiger partial charge < -0.3 is 15.2 Å². The van der Waals surface area contributed by atoms with Crippen molar-refractivity contribution in [2.24, 2.45) is 0 Å². The third-order valence-electron chi connectivity index (χ3n) is 5.39. The number of aromatic amines is 2. The molecule has 32 heavy (non-hydrogen) atoms. The lowest BCUT2D eigenvalue weighted by Gasteiger charge is -2.17. The lowest BCUT2D eigenvalue weighted by Crippen LogP contribution is -2.34. The van der Waals surface area contributed by atoms with Crippen LogP contribution in [0, 0.1) is 0 Å². The van der Waals surface area contributed by atoms with E-state index in [0.717, 1.165) is 25.2 Å². The highest BCUT2D eigenvalue weighted by Crippen LogP contribution is 2.22. The molecule has 1 aromatic carbocycles. The second-order valence-electron chi connectivity index (χ2n) is 7.33. The van der Waals surface area contributed by atoms with Crippen LogP contribution < -0.4 is 10.9 Å². The summed E-state index contributed by atoms with van der Waals surface area (Å²) in [5, 5.41) is 9.60. The Morgan fingerprint density at radius 3 is 2.62 bits per heavy atom. The number of carbonyl (C=O) groups is 1. The van der Waals surface area contributed by atoms with E-state index in [4.69, 9.17) is 0 Å². The van der Waals surface area contributed by atoms with Crippen LogP contribution in [0.1, 0.15) is 24.2 Å². The molecular formula is C23H25N7O2. The number of nitrogens with zero attached hydrogens (tertiary/aromatic N) is 4. The van der Waals surface area contributed by atoms with Gasteiger partial charge in [-0.15, -0.1) is 0 Å². The van der Waals surface area contributed by atoms with Gasteiger partial charge in [0.25, 0.3) is 11.5 Å². The van der Waals surface area contributed by atoms with Crippen LogP contribution in [0.3, 0.4) is 0 Å². The normalized spacial score (nSPS) is 11.2.